The number of rotatable bonds is 8. The van der Waals surface area contributed by atoms with E-state index in [0.717, 1.165) is 17.7 Å². The minimum atomic E-state index is -0.0947. The zero-order chi connectivity index (χ0) is 19.5. The van der Waals surface area contributed by atoms with Gasteiger partial charge in [0.25, 0.3) is 0 Å². The van der Waals surface area contributed by atoms with Gasteiger partial charge < -0.3 is 20.7 Å². The van der Waals surface area contributed by atoms with Gasteiger partial charge in [0.1, 0.15) is 5.75 Å². The number of nitrogens with zero attached hydrogens (tertiary/aromatic N) is 1. The monoisotopic (exact) mass is 368 g/mol. The molecule has 0 aliphatic carbocycles. The third kappa shape index (κ3) is 6.66. The molecule has 0 fully saturated rings. The second kappa shape index (κ2) is 10.9. The van der Waals surface area contributed by atoms with E-state index in [1.807, 2.05) is 36.4 Å². The van der Waals surface area contributed by atoms with Crippen LogP contribution in [0.4, 0.5) is 0 Å². The van der Waals surface area contributed by atoms with Gasteiger partial charge >= 0.3 is 0 Å². The second-order valence-electron chi connectivity index (χ2n) is 6.03. The summed E-state index contributed by atoms with van der Waals surface area (Å²) >= 11 is 0. The number of guanidine groups is 1. The predicted molar refractivity (Wildman–Crippen MR) is 109 cm³/mol. The normalized spacial score (nSPS) is 11.0. The highest BCUT2D eigenvalue weighted by Crippen LogP contribution is 2.11. The molecule has 0 spiro atoms. The summed E-state index contributed by atoms with van der Waals surface area (Å²) in [5, 5.41) is 9.17. The molecule has 0 aliphatic rings. The van der Waals surface area contributed by atoms with Crippen LogP contribution < -0.4 is 20.7 Å². The van der Waals surface area contributed by atoms with Crippen LogP contribution in [0.3, 0.4) is 0 Å². The van der Waals surface area contributed by atoms with Crippen molar-refractivity contribution in [3.63, 3.8) is 0 Å². The number of hydrogen-bond donors (Lipinski definition) is 3. The molecule has 0 aliphatic heterocycles. The number of carbonyl (C=O) groups excluding carboxylic acids is 1. The van der Waals surface area contributed by atoms with Crippen molar-refractivity contribution in [2.75, 3.05) is 20.7 Å². The smallest absolute Gasteiger partial charge is 0.239 e. The molecule has 0 saturated carbocycles. The average molecular weight is 368 g/mol. The fourth-order valence-electron chi connectivity index (χ4n) is 2.64. The summed E-state index contributed by atoms with van der Waals surface area (Å²) in [6, 6.07) is 15.9. The van der Waals surface area contributed by atoms with Crippen molar-refractivity contribution in [1.82, 2.24) is 16.0 Å². The van der Waals surface area contributed by atoms with Crippen molar-refractivity contribution >= 4 is 11.9 Å². The van der Waals surface area contributed by atoms with Crippen LogP contribution in [0.1, 0.15) is 23.6 Å². The van der Waals surface area contributed by atoms with Crippen LogP contribution in [-0.2, 0) is 24.3 Å². The van der Waals surface area contributed by atoms with Crippen LogP contribution in [0.5, 0.6) is 5.75 Å². The third-order valence-electron chi connectivity index (χ3n) is 4.23. The topological polar surface area (TPSA) is 74.8 Å². The molecule has 0 unspecified atom stereocenters. The summed E-state index contributed by atoms with van der Waals surface area (Å²) in [5.41, 5.74) is 3.55. The molecule has 2 aromatic rings. The first kappa shape index (κ1) is 20.3. The SMILES string of the molecule is CCc1ccccc1CNC(=NC)NCC(=O)NCc1ccc(OC)cc1. The van der Waals surface area contributed by atoms with Crippen LogP contribution in [0.15, 0.2) is 53.5 Å². The Morgan fingerprint density at radius 2 is 1.67 bits per heavy atom. The standard InChI is InChI=1S/C21H28N4O2/c1-4-17-7-5-6-8-18(17)14-24-21(22-2)25-15-20(26)23-13-16-9-11-19(27-3)12-10-16/h5-12H,4,13-15H2,1-3H3,(H,23,26)(H2,22,24,25). The third-order valence-corrected chi connectivity index (χ3v) is 4.23. The Morgan fingerprint density at radius 3 is 2.30 bits per heavy atom. The van der Waals surface area contributed by atoms with Crippen molar-refractivity contribution in [2.45, 2.75) is 26.4 Å². The van der Waals surface area contributed by atoms with Crippen molar-refractivity contribution < 1.29 is 9.53 Å². The van der Waals surface area contributed by atoms with Gasteiger partial charge in [0.2, 0.25) is 5.91 Å². The van der Waals surface area contributed by atoms with Crippen molar-refractivity contribution in [1.29, 1.82) is 0 Å². The van der Waals surface area contributed by atoms with E-state index < -0.39 is 0 Å². The lowest BCUT2D eigenvalue weighted by atomic mass is 10.1. The molecule has 2 rings (SSSR count). The number of amides is 1. The average Bonchev–Trinajstić information content (AvgIpc) is 2.73. The molecule has 0 saturated heterocycles. The van der Waals surface area contributed by atoms with E-state index in [-0.39, 0.29) is 12.5 Å². The summed E-state index contributed by atoms with van der Waals surface area (Å²) in [6.07, 6.45) is 0.984. The fourth-order valence-corrected chi connectivity index (χ4v) is 2.64. The second-order valence-corrected chi connectivity index (χ2v) is 6.03. The molecular formula is C21H28N4O2. The highest BCUT2D eigenvalue weighted by Gasteiger charge is 2.05. The van der Waals surface area contributed by atoms with Gasteiger partial charge in [0.15, 0.2) is 5.96 Å². The number of ether oxygens (including phenoxy) is 1. The van der Waals surface area contributed by atoms with E-state index in [1.54, 1.807) is 14.2 Å². The highest BCUT2D eigenvalue weighted by molar-refractivity contribution is 5.86. The summed E-state index contributed by atoms with van der Waals surface area (Å²) in [7, 11) is 3.32. The number of aryl methyl sites for hydroxylation is 1. The molecule has 3 N–H and O–H groups in total. The van der Waals surface area contributed by atoms with Gasteiger partial charge in [0.05, 0.1) is 13.7 Å². The van der Waals surface area contributed by atoms with Crippen LogP contribution in [0.25, 0.3) is 0 Å². The lowest BCUT2D eigenvalue weighted by molar-refractivity contribution is -0.120. The molecule has 144 valence electrons. The molecule has 0 atom stereocenters. The Labute approximate surface area is 161 Å². The maximum absolute atomic E-state index is 12.1. The van der Waals surface area contributed by atoms with Gasteiger partial charge in [0, 0.05) is 20.1 Å². The first-order valence-electron chi connectivity index (χ1n) is 9.07. The first-order valence-corrected chi connectivity index (χ1v) is 9.07. The lowest BCUT2D eigenvalue weighted by Crippen LogP contribution is -2.42. The number of hydrogen-bond acceptors (Lipinski definition) is 3. The summed E-state index contributed by atoms with van der Waals surface area (Å²) < 4.78 is 5.12. The molecule has 0 aromatic heterocycles. The Kier molecular flexibility index (Phi) is 8.16. The maximum atomic E-state index is 12.1. The summed E-state index contributed by atoms with van der Waals surface area (Å²) in [5.74, 6) is 1.30. The Bertz CT molecular complexity index is 757. The highest BCUT2D eigenvalue weighted by atomic mass is 16.5. The minimum absolute atomic E-state index is 0.0947. The van der Waals surface area contributed by atoms with Gasteiger partial charge in [-0.15, -0.1) is 0 Å². The summed E-state index contributed by atoms with van der Waals surface area (Å²) in [6.45, 7) is 3.43. The van der Waals surface area contributed by atoms with E-state index in [1.165, 1.54) is 11.1 Å². The number of methoxy groups -OCH3 is 1. The van der Waals surface area contributed by atoms with Gasteiger partial charge in [-0.2, -0.15) is 0 Å². The molecule has 0 bridgehead atoms. The Balaban J connectivity index is 1.75. The van der Waals surface area contributed by atoms with Crippen molar-refractivity contribution in [3.8, 4) is 5.75 Å². The minimum Gasteiger partial charge on any atom is -0.497 e. The Hall–Kier alpha value is -3.02. The number of nitrogens with one attached hydrogen (secondary N) is 3. The largest absolute Gasteiger partial charge is 0.497 e. The van der Waals surface area contributed by atoms with Gasteiger partial charge in [-0.05, 0) is 35.2 Å². The van der Waals surface area contributed by atoms with Crippen molar-refractivity contribution in [3.05, 3.63) is 65.2 Å². The molecule has 1 amide bonds. The van der Waals surface area contributed by atoms with Gasteiger partial charge in [-0.25, -0.2) is 0 Å². The zero-order valence-electron chi connectivity index (χ0n) is 16.2. The fraction of sp³-hybridized carbons (Fsp3) is 0.333. The van der Waals surface area contributed by atoms with Crippen LogP contribution >= 0.6 is 0 Å². The van der Waals surface area contributed by atoms with Gasteiger partial charge in [-0.1, -0.05) is 43.3 Å². The van der Waals surface area contributed by atoms with Crippen LogP contribution in [0.2, 0.25) is 0 Å². The maximum Gasteiger partial charge on any atom is 0.239 e. The predicted octanol–water partition coefficient (Wildman–Crippen LogP) is 2.24. The van der Waals surface area contributed by atoms with E-state index in [0.29, 0.717) is 19.0 Å². The van der Waals surface area contributed by atoms with E-state index in [2.05, 4.69) is 40.0 Å². The molecule has 27 heavy (non-hydrogen) atoms. The molecule has 6 nitrogen and oxygen atoms in total. The Morgan fingerprint density at radius 1 is 0.963 bits per heavy atom. The van der Waals surface area contributed by atoms with E-state index in [4.69, 9.17) is 4.74 Å². The van der Waals surface area contributed by atoms with E-state index in [9.17, 15) is 4.79 Å². The van der Waals surface area contributed by atoms with Gasteiger partial charge in [-0.3, -0.25) is 9.79 Å². The first-order chi connectivity index (χ1) is 13.2. The quantitative estimate of drug-likeness (QED) is 0.493. The summed E-state index contributed by atoms with van der Waals surface area (Å²) in [4.78, 5) is 16.2. The number of benzene rings is 2. The van der Waals surface area contributed by atoms with Crippen LogP contribution in [0, 0.1) is 0 Å². The number of aliphatic imine (C=N–C) groups is 1. The number of carbonyl (C=O) groups is 1. The zero-order valence-corrected chi connectivity index (χ0v) is 16.2. The van der Waals surface area contributed by atoms with Crippen molar-refractivity contribution in [2.24, 2.45) is 4.99 Å². The van der Waals surface area contributed by atoms with Crippen LogP contribution in [-0.4, -0.2) is 32.6 Å². The molecule has 6 heteroatoms. The molecular weight excluding hydrogens is 340 g/mol. The van der Waals surface area contributed by atoms with E-state index >= 15 is 0 Å². The molecule has 0 heterocycles. The lowest BCUT2D eigenvalue weighted by Gasteiger charge is -2.14. The molecule has 2 aromatic carbocycles. The molecule has 0 radical (unpaired) electrons.